The second kappa shape index (κ2) is 6.24. The number of carbonyl (C=O) groups is 1. The molecule has 1 heterocycles. The van der Waals surface area contributed by atoms with Crippen molar-refractivity contribution in [1.82, 2.24) is 0 Å². The molecule has 0 saturated heterocycles. The summed E-state index contributed by atoms with van der Waals surface area (Å²) in [6.45, 7) is 5.45. The van der Waals surface area contributed by atoms with Gasteiger partial charge in [0.25, 0.3) is 0 Å². The van der Waals surface area contributed by atoms with Crippen LogP contribution in [0.4, 0.5) is 15.8 Å². The summed E-state index contributed by atoms with van der Waals surface area (Å²) in [6, 6.07) is 9.06. The lowest BCUT2D eigenvalue weighted by molar-refractivity contribution is -0.105. The zero-order valence-corrected chi connectivity index (χ0v) is 13.3. The van der Waals surface area contributed by atoms with Crippen LogP contribution in [0.5, 0.6) is 0 Å². The number of nitrogens with zero attached hydrogens (tertiary/aromatic N) is 1. The van der Waals surface area contributed by atoms with Crippen LogP contribution in [0.2, 0.25) is 0 Å². The molecule has 1 aliphatic rings. The van der Waals surface area contributed by atoms with E-state index in [1.807, 2.05) is 32.1 Å². The van der Waals surface area contributed by atoms with Crippen LogP contribution in [0.25, 0.3) is 6.08 Å². The number of anilines is 2. The summed E-state index contributed by atoms with van der Waals surface area (Å²) in [6.07, 6.45) is 4.72. The minimum atomic E-state index is -0.210. The maximum absolute atomic E-state index is 13.4. The van der Waals surface area contributed by atoms with Gasteiger partial charge in [-0.1, -0.05) is 18.2 Å². The molecule has 0 saturated carbocycles. The summed E-state index contributed by atoms with van der Waals surface area (Å²) < 4.78 is 13.4. The first-order chi connectivity index (χ1) is 11.1. The van der Waals surface area contributed by atoms with Crippen LogP contribution >= 0.6 is 0 Å². The zero-order chi connectivity index (χ0) is 16.4. The molecule has 0 aliphatic carbocycles. The molecule has 1 amide bonds. The van der Waals surface area contributed by atoms with Crippen LogP contribution in [0, 0.1) is 19.7 Å². The predicted molar refractivity (Wildman–Crippen MR) is 92.1 cm³/mol. The SMILES string of the molecule is Cc1cc(N2CC=Cc3cc(F)ccc3C2)cc(C)c1NC=O. The smallest absolute Gasteiger partial charge is 0.211 e. The maximum Gasteiger partial charge on any atom is 0.211 e. The number of benzene rings is 2. The van der Waals surface area contributed by atoms with E-state index in [4.69, 9.17) is 0 Å². The first kappa shape index (κ1) is 15.3. The average molecular weight is 310 g/mol. The van der Waals surface area contributed by atoms with Crippen LogP contribution in [-0.4, -0.2) is 13.0 Å². The van der Waals surface area contributed by atoms with Gasteiger partial charge < -0.3 is 10.2 Å². The molecule has 1 N–H and O–H groups in total. The van der Waals surface area contributed by atoms with Crippen molar-refractivity contribution < 1.29 is 9.18 Å². The molecule has 0 fully saturated rings. The van der Waals surface area contributed by atoms with Crippen molar-refractivity contribution in [2.75, 3.05) is 16.8 Å². The summed E-state index contributed by atoms with van der Waals surface area (Å²) in [5, 5.41) is 2.75. The van der Waals surface area contributed by atoms with E-state index in [9.17, 15) is 9.18 Å². The summed E-state index contributed by atoms with van der Waals surface area (Å²) in [5.41, 5.74) is 6.04. The Morgan fingerprint density at radius 1 is 1.17 bits per heavy atom. The molecule has 118 valence electrons. The van der Waals surface area contributed by atoms with Crippen molar-refractivity contribution in [2.45, 2.75) is 20.4 Å². The van der Waals surface area contributed by atoms with E-state index in [2.05, 4.69) is 22.3 Å². The number of aryl methyl sites for hydroxylation is 2. The minimum absolute atomic E-state index is 0.210. The van der Waals surface area contributed by atoms with Crippen molar-refractivity contribution in [1.29, 1.82) is 0 Å². The van der Waals surface area contributed by atoms with Gasteiger partial charge in [-0.15, -0.1) is 0 Å². The van der Waals surface area contributed by atoms with E-state index >= 15 is 0 Å². The molecule has 3 nitrogen and oxygen atoms in total. The topological polar surface area (TPSA) is 32.3 Å². The zero-order valence-electron chi connectivity index (χ0n) is 13.3. The minimum Gasteiger partial charge on any atom is -0.363 e. The first-order valence-electron chi connectivity index (χ1n) is 7.60. The van der Waals surface area contributed by atoms with Crippen LogP contribution in [0.15, 0.2) is 36.4 Å². The van der Waals surface area contributed by atoms with Crippen molar-refractivity contribution in [3.63, 3.8) is 0 Å². The average Bonchev–Trinajstić information content (AvgIpc) is 2.72. The Morgan fingerprint density at radius 2 is 1.91 bits per heavy atom. The van der Waals surface area contributed by atoms with E-state index < -0.39 is 0 Å². The third-order valence-corrected chi connectivity index (χ3v) is 4.18. The van der Waals surface area contributed by atoms with Crippen molar-refractivity contribution in [3.8, 4) is 0 Å². The molecule has 0 spiro atoms. The molecule has 0 aromatic heterocycles. The lowest BCUT2D eigenvalue weighted by atomic mass is 10.1. The molecule has 2 aromatic carbocycles. The number of carbonyl (C=O) groups excluding carboxylic acids is 1. The van der Waals surface area contributed by atoms with Gasteiger partial charge in [-0.25, -0.2) is 4.39 Å². The van der Waals surface area contributed by atoms with Crippen molar-refractivity contribution in [3.05, 3.63) is 64.5 Å². The second-order valence-corrected chi connectivity index (χ2v) is 5.84. The van der Waals surface area contributed by atoms with E-state index in [0.29, 0.717) is 6.41 Å². The predicted octanol–water partition coefficient (Wildman–Crippen LogP) is 4.04. The Hall–Kier alpha value is -2.62. The van der Waals surface area contributed by atoms with E-state index in [0.717, 1.165) is 46.7 Å². The lowest BCUT2D eigenvalue weighted by Crippen LogP contribution is -2.22. The number of hydrogen-bond acceptors (Lipinski definition) is 2. The first-order valence-corrected chi connectivity index (χ1v) is 7.60. The second-order valence-electron chi connectivity index (χ2n) is 5.84. The van der Waals surface area contributed by atoms with Gasteiger partial charge in [-0.05, 0) is 60.4 Å². The number of hydrogen-bond donors (Lipinski definition) is 1. The molecule has 0 radical (unpaired) electrons. The van der Waals surface area contributed by atoms with Gasteiger partial charge in [0.2, 0.25) is 6.41 Å². The molecule has 4 heteroatoms. The number of amides is 1. The van der Waals surface area contributed by atoms with E-state index in [1.165, 1.54) is 6.07 Å². The van der Waals surface area contributed by atoms with Crippen LogP contribution < -0.4 is 10.2 Å². The van der Waals surface area contributed by atoms with Gasteiger partial charge in [0, 0.05) is 24.5 Å². The molecule has 0 unspecified atom stereocenters. The summed E-state index contributed by atoms with van der Waals surface area (Å²) in [7, 11) is 0. The number of halogens is 1. The highest BCUT2D eigenvalue weighted by Crippen LogP contribution is 2.29. The lowest BCUT2D eigenvalue weighted by Gasteiger charge is -2.25. The Bertz CT molecular complexity index is 760. The van der Waals surface area contributed by atoms with Crippen molar-refractivity contribution in [2.24, 2.45) is 0 Å². The van der Waals surface area contributed by atoms with Crippen molar-refractivity contribution >= 4 is 23.9 Å². The number of rotatable bonds is 3. The van der Waals surface area contributed by atoms with Gasteiger partial charge in [-0.3, -0.25) is 4.79 Å². The van der Waals surface area contributed by atoms with Gasteiger partial charge in [0.15, 0.2) is 0 Å². The highest BCUT2D eigenvalue weighted by Gasteiger charge is 2.14. The highest BCUT2D eigenvalue weighted by atomic mass is 19.1. The van der Waals surface area contributed by atoms with Crippen LogP contribution in [0.1, 0.15) is 22.3 Å². The fourth-order valence-electron chi connectivity index (χ4n) is 3.05. The third-order valence-electron chi connectivity index (χ3n) is 4.18. The van der Waals surface area contributed by atoms with Gasteiger partial charge in [0.05, 0.1) is 0 Å². The summed E-state index contributed by atoms with van der Waals surface area (Å²) in [4.78, 5) is 13.0. The van der Waals surface area contributed by atoms with Gasteiger partial charge >= 0.3 is 0 Å². The highest BCUT2D eigenvalue weighted by molar-refractivity contribution is 5.77. The molecule has 1 aliphatic heterocycles. The Labute approximate surface area is 135 Å². The fourth-order valence-corrected chi connectivity index (χ4v) is 3.05. The maximum atomic E-state index is 13.4. The molecular weight excluding hydrogens is 291 g/mol. The van der Waals surface area contributed by atoms with Gasteiger partial charge in [0.1, 0.15) is 5.82 Å². The fraction of sp³-hybridized carbons (Fsp3) is 0.211. The van der Waals surface area contributed by atoms with Gasteiger partial charge in [-0.2, -0.15) is 0 Å². The normalized spacial score (nSPS) is 13.4. The number of fused-ring (bicyclic) bond motifs is 1. The standard InChI is InChI=1S/C19H19FN2O/c1-13-8-18(9-14(2)19(13)21-12-23)22-7-3-4-15-10-17(20)6-5-16(15)11-22/h3-6,8-10,12H,7,11H2,1-2H3,(H,21,23). The Morgan fingerprint density at radius 3 is 2.61 bits per heavy atom. The van der Waals surface area contributed by atoms with Crippen LogP contribution in [-0.2, 0) is 11.3 Å². The summed E-state index contributed by atoms with van der Waals surface area (Å²) >= 11 is 0. The van der Waals surface area contributed by atoms with Crippen LogP contribution in [0.3, 0.4) is 0 Å². The molecule has 0 atom stereocenters. The third kappa shape index (κ3) is 3.11. The Kier molecular flexibility index (Phi) is 4.15. The quantitative estimate of drug-likeness (QED) is 0.868. The van der Waals surface area contributed by atoms with E-state index in [-0.39, 0.29) is 5.82 Å². The monoisotopic (exact) mass is 310 g/mol. The number of nitrogens with one attached hydrogen (secondary N) is 1. The molecule has 2 aromatic rings. The molecular formula is C19H19FN2O. The molecule has 23 heavy (non-hydrogen) atoms. The summed E-state index contributed by atoms with van der Waals surface area (Å²) in [5.74, 6) is -0.210. The largest absolute Gasteiger partial charge is 0.363 e. The van der Waals surface area contributed by atoms with E-state index in [1.54, 1.807) is 6.07 Å². The molecule has 3 rings (SSSR count). The molecule has 0 bridgehead atoms. The Balaban J connectivity index is 1.95.